The third-order valence-electron chi connectivity index (χ3n) is 3.80. The van der Waals surface area contributed by atoms with E-state index >= 15 is 0 Å². The molecule has 0 fully saturated rings. The Kier molecular flexibility index (Phi) is 4.93. The molecular weight excluding hydrogens is 280 g/mol. The van der Waals surface area contributed by atoms with E-state index in [9.17, 15) is 0 Å². The Morgan fingerprint density at radius 2 is 1.65 bits per heavy atom. The van der Waals surface area contributed by atoms with Gasteiger partial charge in [-0.2, -0.15) is 0 Å². The maximum Gasteiger partial charge on any atom is 0.120 e. The van der Waals surface area contributed by atoms with E-state index in [1.54, 1.807) is 0 Å². The Hall–Kier alpha value is -2.76. The van der Waals surface area contributed by atoms with Crippen LogP contribution in [0.4, 0.5) is 0 Å². The Morgan fingerprint density at radius 1 is 0.913 bits per heavy atom. The minimum absolute atomic E-state index is 0.568. The van der Waals surface area contributed by atoms with Crippen LogP contribution in [-0.4, -0.2) is 6.61 Å². The van der Waals surface area contributed by atoms with Gasteiger partial charge in [0.2, 0.25) is 0 Å². The van der Waals surface area contributed by atoms with Crippen LogP contribution >= 0.6 is 0 Å². The molecule has 0 radical (unpaired) electrons. The lowest BCUT2D eigenvalue weighted by molar-refractivity contribution is 0.349. The second kappa shape index (κ2) is 7.49. The van der Waals surface area contributed by atoms with E-state index in [-0.39, 0.29) is 0 Å². The summed E-state index contributed by atoms with van der Waals surface area (Å²) in [4.78, 5) is 0. The van der Waals surface area contributed by atoms with Crippen molar-refractivity contribution < 1.29 is 4.74 Å². The molecule has 0 saturated heterocycles. The molecule has 0 unspecified atom stereocenters. The highest BCUT2D eigenvalue weighted by Gasteiger charge is 1.99. The number of hydrogen-bond acceptors (Lipinski definition) is 1. The molecule has 0 aromatic heterocycles. The molecule has 0 spiro atoms. The number of hydrogen-bond donors (Lipinski definition) is 0. The highest BCUT2D eigenvalue weighted by Crippen LogP contribution is 2.21. The highest BCUT2D eigenvalue weighted by atomic mass is 16.5. The fourth-order valence-corrected chi connectivity index (χ4v) is 2.41. The van der Waals surface area contributed by atoms with Gasteiger partial charge in [-0.15, -0.1) is 5.73 Å². The Labute approximate surface area is 137 Å². The first-order valence-electron chi connectivity index (χ1n) is 7.96. The molecule has 0 aliphatic carbocycles. The lowest BCUT2D eigenvalue weighted by Gasteiger charge is -2.08. The average molecular weight is 300 g/mol. The lowest BCUT2D eigenvalue weighted by atomic mass is 10.1. The third kappa shape index (κ3) is 4.12. The van der Waals surface area contributed by atoms with Crippen LogP contribution in [0.15, 0.2) is 84.1 Å². The van der Waals surface area contributed by atoms with Crippen LogP contribution in [0.25, 0.3) is 16.8 Å². The number of ether oxygens (including phenoxy) is 1. The first kappa shape index (κ1) is 15.1. The van der Waals surface area contributed by atoms with Crippen molar-refractivity contribution in [2.45, 2.75) is 13.3 Å². The van der Waals surface area contributed by atoms with Gasteiger partial charge in [0.15, 0.2) is 0 Å². The van der Waals surface area contributed by atoms with E-state index < -0.39 is 0 Å². The number of fused-ring (bicyclic) bond motifs is 1. The van der Waals surface area contributed by atoms with Crippen molar-refractivity contribution in [3.8, 4) is 5.75 Å². The minimum Gasteiger partial charge on any atom is -0.489 e. The minimum atomic E-state index is 0.568. The summed E-state index contributed by atoms with van der Waals surface area (Å²) in [5.74, 6) is 0.899. The van der Waals surface area contributed by atoms with Gasteiger partial charge < -0.3 is 4.74 Å². The smallest absolute Gasteiger partial charge is 0.120 e. The van der Waals surface area contributed by atoms with Crippen molar-refractivity contribution in [3.63, 3.8) is 0 Å². The maximum absolute atomic E-state index is 5.94. The monoisotopic (exact) mass is 300 g/mol. The first-order chi connectivity index (χ1) is 11.3. The van der Waals surface area contributed by atoms with E-state index in [1.165, 1.54) is 10.8 Å². The summed E-state index contributed by atoms with van der Waals surface area (Å²) < 4.78 is 5.94. The van der Waals surface area contributed by atoms with Crippen LogP contribution in [0.3, 0.4) is 0 Å². The summed E-state index contributed by atoms with van der Waals surface area (Å²) in [6.45, 7) is 2.70. The van der Waals surface area contributed by atoms with Gasteiger partial charge in [-0.1, -0.05) is 67.6 Å². The fraction of sp³-hybridized carbons (Fsp3) is 0.136. The van der Waals surface area contributed by atoms with Gasteiger partial charge in [0.1, 0.15) is 12.4 Å². The van der Waals surface area contributed by atoms with E-state index in [0.29, 0.717) is 6.61 Å². The molecule has 114 valence electrons. The largest absolute Gasteiger partial charge is 0.489 e. The molecular formula is C22H20O. The van der Waals surface area contributed by atoms with Gasteiger partial charge in [-0.3, -0.25) is 0 Å². The van der Waals surface area contributed by atoms with Gasteiger partial charge in [-0.05, 0) is 41.0 Å². The van der Waals surface area contributed by atoms with Crippen molar-refractivity contribution in [2.24, 2.45) is 0 Å². The molecule has 0 bridgehead atoms. The van der Waals surface area contributed by atoms with Crippen LogP contribution in [-0.2, 0) is 0 Å². The molecule has 3 aromatic rings. The summed E-state index contributed by atoms with van der Waals surface area (Å²) in [7, 11) is 0. The zero-order chi connectivity index (χ0) is 15.9. The zero-order valence-corrected chi connectivity index (χ0v) is 13.3. The number of rotatable bonds is 5. The molecule has 3 rings (SSSR count). The van der Waals surface area contributed by atoms with Crippen molar-refractivity contribution in [3.05, 3.63) is 89.7 Å². The lowest BCUT2D eigenvalue weighted by Crippen LogP contribution is -1.99. The van der Waals surface area contributed by atoms with Crippen LogP contribution in [0.5, 0.6) is 5.75 Å². The molecule has 0 saturated carbocycles. The molecule has 0 amide bonds. The van der Waals surface area contributed by atoms with Gasteiger partial charge in [0.05, 0.1) is 0 Å². The summed E-state index contributed by atoms with van der Waals surface area (Å²) >= 11 is 0. The normalized spacial score (nSPS) is 10.1. The maximum atomic E-state index is 5.94. The SMILES string of the molecule is CCC(=C=Cc1ccccc1)COc1ccc2ccccc2c1. The molecule has 1 nitrogen and oxygen atoms in total. The van der Waals surface area contributed by atoms with E-state index in [0.717, 1.165) is 23.3 Å². The van der Waals surface area contributed by atoms with Gasteiger partial charge in [-0.25, -0.2) is 0 Å². The second-order valence-electron chi connectivity index (χ2n) is 5.45. The predicted molar refractivity (Wildman–Crippen MR) is 97.7 cm³/mol. The zero-order valence-electron chi connectivity index (χ0n) is 13.3. The molecule has 0 heterocycles. The van der Waals surface area contributed by atoms with Crippen molar-refractivity contribution >= 4 is 16.8 Å². The van der Waals surface area contributed by atoms with Gasteiger partial charge in [0, 0.05) is 5.57 Å². The Morgan fingerprint density at radius 3 is 2.43 bits per heavy atom. The summed E-state index contributed by atoms with van der Waals surface area (Å²) in [6.07, 6.45) is 2.94. The summed E-state index contributed by atoms with van der Waals surface area (Å²) in [5.41, 5.74) is 5.67. The third-order valence-corrected chi connectivity index (χ3v) is 3.80. The molecule has 0 aliphatic heterocycles. The van der Waals surface area contributed by atoms with Crippen molar-refractivity contribution in [2.75, 3.05) is 6.61 Å². The topological polar surface area (TPSA) is 9.23 Å². The molecule has 3 aromatic carbocycles. The van der Waals surface area contributed by atoms with Crippen LogP contribution in [0, 0.1) is 0 Å². The van der Waals surface area contributed by atoms with E-state index in [4.69, 9.17) is 4.74 Å². The molecule has 0 atom stereocenters. The first-order valence-corrected chi connectivity index (χ1v) is 7.96. The second-order valence-corrected chi connectivity index (χ2v) is 5.45. The summed E-state index contributed by atoms with van der Waals surface area (Å²) in [6, 6.07) is 24.8. The van der Waals surface area contributed by atoms with Crippen LogP contribution in [0.2, 0.25) is 0 Å². The molecule has 1 heteroatoms. The van der Waals surface area contributed by atoms with E-state index in [2.05, 4.69) is 55.1 Å². The Bertz CT molecular complexity index is 840. The number of benzene rings is 3. The van der Waals surface area contributed by atoms with Crippen LogP contribution < -0.4 is 4.74 Å². The fourth-order valence-electron chi connectivity index (χ4n) is 2.41. The molecule has 0 aliphatic rings. The van der Waals surface area contributed by atoms with Crippen molar-refractivity contribution in [1.82, 2.24) is 0 Å². The quantitative estimate of drug-likeness (QED) is 0.536. The molecule has 0 N–H and O–H groups in total. The van der Waals surface area contributed by atoms with Gasteiger partial charge in [0.25, 0.3) is 0 Å². The van der Waals surface area contributed by atoms with E-state index in [1.807, 2.05) is 36.4 Å². The van der Waals surface area contributed by atoms with Crippen LogP contribution in [0.1, 0.15) is 18.9 Å². The average Bonchev–Trinajstić information content (AvgIpc) is 2.62. The highest BCUT2D eigenvalue weighted by molar-refractivity contribution is 5.83. The Balaban J connectivity index is 1.73. The van der Waals surface area contributed by atoms with Crippen molar-refractivity contribution in [1.29, 1.82) is 0 Å². The summed E-state index contributed by atoms with van der Waals surface area (Å²) in [5, 5.41) is 2.43. The van der Waals surface area contributed by atoms with Gasteiger partial charge >= 0.3 is 0 Å². The molecule has 23 heavy (non-hydrogen) atoms. The predicted octanol–water partition coefficient (Wildman–Crippen LogP) is 5.87. The standard InChI is InChI=1S/C22H20O/c1-2-18(12-13-19-8-4-3-5-9-19)17-23-22-15-14-20-10-6-7-11-21(20)16-22/h3-11,13-16H,2,17H2,1H3.